The maximum absolute atomic E-state index is 13.1. The van der Waals surface area contributed by atoms with Crippen LogP contribution in [0.2, 0.25) is 0 Å². The number of benzene rings is 2. The van der Waals surface area contributed by atoms with Crippen LogP contribution in [0.3, 0.4) is 0 Å². The number of piperidine rings is 1. The van der Waals surface area contributed by atoms with E-state index in [2.05, 4.69) is 15.6 Å². The molecule has 2 aromatic carbocycles. The first-order valence-corrected chi connectivity index (χ1v) is 11.8. The van der Waals surface area contributed by atoms with Crippen molar-refractivity contribution in [1.82, 2.24) is 15.2 Å². The second-order valence-electron chi connectivity index (χ2n) is 8.18. The zero-order chi connectivity index (χ0) is 25.0. The zero-order valence-electron chi connectivity index (χ0n) is 18.4. The molecule has 0 radical (unpaired) electrons. The summed E-state index contributed by atoms with van der Waals surface area (Å²) in [4.78, 5) is 31.5. The monoisotopic (exact) mass is 506 g/mol. The molecule has 1 saturated heterocycles. The lowest BCUT2D eigenvalue weighted by Gasteiger charge is -2.31. The molecule has 1 atom stereocenters. The lowest BCUT2D eigenvalue weighted by atomic mass is 9.96. The Morgan fingerprint density at radius 1 is 1.14 bits per heavy atom. The second-order valence-corrected chi connectivity index (χ2v) is 9.03. The van der Waals surface area contributed by atoms with Crippen molar-refractivity contribution in [3.63, 3.8) is 0 Å². The van der Waals surface area contributed by atoms with Crippen LogP contribution in [0.25, 0.3) is 0 Å². The lowest BCUT2D eigenvalue weighted by Crippen LogP contribution is -2.45. The van der Waals surface area contributed by atoms with Crippen molar-refractivity contribution in [1.29, 1.82) is 0 Å². The summed E-state index contributed by atoms with van der Waals surface area (Å²) in [5.74, 6) is -1.43. The third kappa shape index (κ3) is 6.36. The van der Waals surface area contributed by atoms with Crippen LogP contribution in [-0.4, -0.2) is 34.8 Å². The zero-order valence-corrected chi connectivity index (χ0v) is 19.3. The van der Waals surface area contributed by atoms with E-state index in [0.717, 1.165) is 12.1 Å². The molecule has 0 aliphatic carbocycles. The van der Waals surface area contributed by atoms with Gasteiger partial charge >= 0.3 is 6.18 Å². The van der Waals surface area contributed by atoms with Gasteiger partial charge in [0.25, 0.3) is 5.91 Å². The van der Waals surface area contributed by atoms with Gasteiger partial charge in [0, 0.05) is 30.7 Å². The molecule has 4 rings (SSSR count). The van der Waals surface area contributed by atoms with E-state index < -0.39 is 17.7 Å². The number of hydrogen-bond donors (Lipinski definition) is 2. The molecule has 2 heterocycles. The molecule has 2 amide bonds. The number of likely N-dealkylation sites (tertiary alicyclic amines) is 1. The summed E-state index contributed by atoms with van der Waals surface area (Å²) in [5, 5.41) is 7.80. The first-order valence-electron chi connectivity index (χ1n) is 10.9. The first kappa shape index (κ1) is 24.6. The van der Waals surface area contributed by atoms with E-state index in [4.69, 9.17) is 0 Å². The largest absolute Gasteiger partial charge is 0.416 e. The van der Waals surface area contributed by atoms with Gasteiger partial charge in [0.1, 0.15) is 11.5 Å². The van der Waals surface area contributed by atoms with Gasteiger partial charge in [-0.15, -0.1) is 11.3 Å². The van der Waals surface area contributed by atoms with E-state index in [-0.39, 0.29) is 36.4 Å². The van der Waals surface area contributed by atoms with E-state index in [9.17, 15) is 27.2 Å². The van der Waals surface area contributed by atoms with Gasteiger partial charge in [0.05, 0.1) is 11.5 Å². The van der Waals surface area contributed by atoms with E-state index in [1.807, 2.05) is 0 Å². The summed E-state index contributed by atoms with van der Waals surface area (Å²) in [6.45, 7) is 0.650. The van der Waals surface area contributed by atoms with Crippen molar-refractivity contribution >= 4 is 34.0 Å². The molecule has 1 fully saturated rings. The Morgan fingerprint density at radius 3 is 2.66 bits per heavy atom. The first-order chi connectivity index (χ1) is 16.7. The van der Waals surface area contributed by atoms with Gasteiger partial charge in [-0.2, -0.15) is 13.2 Å². The standard InChI is InChI=1S/C24H22F4N4O2S/c25-18-6-8-19(9-7-18)30-23-31-20(14-35-23)22(34)32-10-2-4-16(13-32)21(33)29-12-15-3-1-5-17(11-15)24(26,27)28/h1,3,5-9,11,14,16H,2,4,10,12-13H2,(H,29,33)(H,30,31)/t16-/m0/s1. The van der Waals surface area contributed by atoms with Gasteiger partial charge in [-0.25, -0.2) is 9.37 Å². The van der Waals surface area contributed by atoms with Gasteiger partial charge < -0.3 is 15.5 Å². The number of thiazole rings is 1. The number of halogens is 4. The van der Waals surface area contributed by atoms with Crippen LogP contribution in [0.15, 0.2) is 53.9 Å². The Morgan fingerprint density at radius 2 is 1.91 bits per heavy atom. The van der Waals surface area contributed by atoms with Gasteiger partial charge in [0.2, 0.25) is 5.91 Å². The number of alkyl halides is 3. The number of hydrogen-bond acceptors (Lipinski definition) is 5. The van der Waals surface area contributed by atoms with Crippen LogP contribution in [0.4, 0.5) is 28.4 Å². The minimum atomic E-state index is -4.45. The smallest absolute Gasteiger partial charge is 0.352 e. The molecule has 1 aliphatic rings. The van der Waals surface area contributed by atoms with Crippen LogP contribution < -0.4 is 10.6 Å². The number of carbonyl (C=O) groups excluding carboxylic acids is 2. The molecule has 6 nitrogen and oxygen atoms in total. The minimum Gasteiger partial charge on any atom is -0.352 e. The van der Waals surface area contributed by atoms with Crippen molar-refractivity contribution in [2.75, 3.05) is 18.4 Å². The quantitative estimate of drug-likeness (QED) is 0.450. The Hall–Kier alpha value is -3.47. The topological polar surface area (TPSA) is 74.3 Å². The highest BCUT2D eigenvalue weighted by Crippen LogP contribution is 2.29. The van der Waals surface area contributed by atoms with Gasteiger partial charge in [-0.1, -0.05) is 12.1 Å². The fourth-order valence-electron chi connectivity index (χ4n) is 3.81. The number of rotatable bonds is 6. The van der Waals surface area contributed by atoms with Gasteiger partial charge in [-0.3, -0.25) is 9.59 Å². The number of aromatic nitrogens is 1. The molecule has 11 heteroatoms. The number of nitrogens with zero attached hydrogens (tertiary/aromatic N) is 2. The fraction of sp³-hybridized carbons (Fsp3) is 0.292. The molecule has 0 bridgehead atoms. The molecule has 1 aromatic heterocycles. The Bertz CT molecular complexity index is 1200. The van der Waals surface area contributed by atoms with Crippen molar-refractivity contribution in [3.8, 4) is 0 Å². The van der Waals surface area contributed by atoms with Crippen molar-refractivity contribution in [2.45, 2.75) is 25.6 Å². The van der Waals surface area contributed by atoms with Crippen LogP contribution in [0.5, 0.6) is 0 Å². The highest BCUT2D eigenvalue weighted by Gasteiger charge is 2.31. The number of anilines is 2. The van der Waals surface area contributed by atoms with Crippen molar-refractivity contribution in [2.24, 2.45) is 5.92 Å². The molecule has 2 N–H and O–H groups in total. The fourth-order valence-corrected chi connectivity index (χ4v) is 4.52. The Balaban J connectivity index is 1.33. The second kappa shape index (κ2) is 10.4. The normalized spacial score (nSPS) is 16.1. The van der Waals surface area contributed by atoms with Gasteiger partial charge in [-0.05, 0) is 54.8 Å². The van der Waals surface area contributed by atoms with E-state index in [0.29, 0.717) is 35.8 Å². The molecular formula is C24H22F4N4O2S. The summed E-state index contributed by atoms with van der Waals surface area (Å²) in [6.07, 6.45) is -3.25. The van der Waals surface area contributed by atoms with Crippen LogP contribution >= 0.6 is 11.3 Å². The summed E-state index contributed by atoms with van der Waals surface area (Å²) in [7, 11) is 0. The SMILES string of the molecule is O=C(NCc1cccc(C(F)(F)F)c1)[C@H]1CCCN(C(=O)c2csc(Nc3ccc(F)cc3)n2)C1. The Kier molecular flexibility index (Phi) is 7.34. The molecular weight excluding hydrogens is 484 g/mol. The molecule has 3 aromatic rings. The molecule has 0 unspecified atom stereocenters. The van der Waals surface area contributed by atoms with E-state index in [1.165, 1.54) is 35.6 Å². The molecule has 184 valence electrons. The summed E-state index contributed by atoms with van der Waals surface area (Å²) in [6, 6.07) is 10.6. The third-order valence-corrected chi connectivity index (χ3v) is 6.38. The molecule has 1 aliphatic heterocycles. The van der Waals surface area contributed by atoms with Crippen LogP contribution in [-0.2, 0) is 17.5 Å². The predicted octanol–water partition coefficient (Wildman–Crippen LogP) is 5.21. The van der Waals surface area contributed by atoms with Crippen LogP contribution in [0.1, 0.15) is 34.5 Å². The van der Waals surface area contributed by atoms with E-state index >= 15 is 0 Å². The summed E-state index contributed by atoms with van der Waals surface area (Å²) < 4.78 is 51.7. The average Bonchev–Trinajstić information content (AvgIpc) is 3.31. The molecule has 35 heavy (non-hydrogen) atoms. The van der Waals surface area contributed by atoms with Crippen molar-refractivity contribution in [3.05, 3.63) is 76.5 Å². The third-order valence-electron chi connectivity index (χ3n) is 5.62. The molecule has 0 spiro atoms. The average molecular weight is 507 g/mol. The van der Waals surface area contributed by atoms with Crippen molar-refractivity contribution < 1.29 is 27.2 Å². The highest BCUT2D eigenvalue weighted by atomic mass is 32.1. The minimum absolute atomic E-state index is 0.0301. The maximum atomic E-state index is 13.1. The number of carbonyl (C=O) groups is 2. The van der Waals surface area contributed by atoms with E-state index in [1.54, 1.807) is 22.4 Å². The number of amides is 2. The van der Waals surface area contributed by atoms with Gasteiger partial charge in [0.15, 0.2) is 5.13 Å². The van der Waals surface area contributed by atoms with Crippen LogP contribution in [0, 0.1) is 11.7 Å². The molecule has 0 saturated carbocycles. The highest BCUT2D eigenvalue weighted by molar-refractivity contribution is 7.14. The number of nitrogens with one attached hydrogen (secondary N) is 2. The lowest BCUT2D eigenvalue weighted by molar-refractivity contribution is -0.137. The summed E-state index contributed by atoms with van der Waals surface area (Å²) in [5.41, 5.74) is 0.454. The maximum Gasteiger partial charge on any atom is 0.416 e. The summed E-state index contributed by atoms with van der Waals surface area (Å²) >= 11 is 1.23. The Labute approximate surface area is 203 Å². The predicted molar refractivity (Wildman–Crippen MR) is 124 cm³/mol.